The van der Waals surface area contributed by atoms with Crippen molar-refractivity contribution in [2.75, 3.05) is 0 Å². The smallest absolute Gasteiger partial charge is 0.110 e. The largest absolute Gasteiger partial charge is 0.354 e. The Bertz CT molecular complexity index is 406. The summed E-state index contributed by atoms with van der Waals surface area (Å²) in [6.07, 6.45) is 4.53. The summed E-state index contributed by atoms with van der Waals surface area (Å²) in [5, 5.41) is 0. The number of ether oxygens (including phenoxy) is 1. The lowest BCUT2D eigenvalue weighted by Crippen LogP contribution is -2.14. The predicted molar refractivity (Wildman–Crippen MR) is 51.5 cm³/mol. The van der Waals surface area contributed by atoms with Crippen molar-refractivity contribution in [1.82, 2.24) is 0 Å². The minimum absolute atomic E-state index is 0.147. The van der Waals surface area contributed by atoms with E-state index in [0.29, 0.717) is 0 Å². The first kappa shape index (κ1) is 7.34. The fourth-order valence-electron chi connectivity index (χ4n) is 2.28. The topological polar surface area (TPSA) is 9.23 Å². The molecule has 0 fully saturated rings. The van der Waals surface area contributed by atoms with Crippen molar-refractivity contribution < 1.29 is 4.74 Å². The van der Waals surface area contributed by atoms with Gasteiger partial charge in [0.05, 0.1) is 0 Å². The van der Waals surface area contributed by atoms with E-state index in [9.17, 15) is 0 Å². The fraction of sp³-hybridized carbons (Fsp3) is 0.333. The van der Waals surface area contributed by atoms with E-state index in [1.807, 2.05) is 0 Å². The Labute approximate surface area is 78.0 Å². The highest BCUT2D eigenvalue weighted by atomic mass is 16.5. The van der Waals surface area contributed by atoms with Crippen LogP contribution in [0.25, 0.3) is 0 Å². The minimum Gasteiger partial charge on any atom is -0.354 e. The summed E-state index contributed by atoms with van der Waals surface area (Å²) in [5.74, 6) is 0. The Morgan fingerprint density at radius 1 is 1.38 bits per heavy atom. The van der Waals surface area contributed by atoms with Crippen molar-refractivity contribution in [2.45, 2.75) is 25.6 Å². The molecule has 66 valence electrons. The van der Waals surface area contributed by atoms with Crippen molar-refractivity contribution in [2.24, 2.45) is 0 Å². The molecule has 1 heteroatoms. The van der Waals surface area contributed by atoms with Gasteiger partial charge in [0.25, 0.3) is 0 Å². The molecule has 0 N–H and O–H groups in total. The van der Waals surface area contributed by atoms with Crippen LogP contribution in [0.4, 0.5) is 0 Å². The number of fused-ring (bicyclic) bond motifs is 5. The van der Waals surface area contributed by atoms with Gasteiger partial charge >= 0.3 is 0 Å². The van der Waals surface area contributed by atoms with E-state index in [2.05, 4.69) is 44.2 Å². The zero-order valence-corrected chi connectivity index (χ0v) is 7.87. The Balaban J connectivity index is 2.29. The predicted octanol–water partition coefficient (Wildman–Crippen LogP) is 2.85. The summed E-state index contributed by atoms with van der Waals surface area (Å²) in [7, 11) is 0. The van der Waals surface area contributed by atoms with Crippen LogP contribution in [-0.2, 0) is 10.3 Å². The molecule has 0 spiro atoms. The molecular weight excluding hydrogens is 160 g/mol. The molecule has 2 atom stereocenters. The van der Waals surface area contributed by atoms with Crippen LogP contribution >= 0.6 is 0 Å². The normalized spacial score (nSPS) is 33.8. The van der Waals surface area contributed by atoms with Crippen LogP contribution in [-0.4, -0.2) is 0 Å². The standard InChI is InChI=1S/C12H12O/c1-8-3-4-9-10(7-8)12(2)6-5-11(9)13-12/h3-7,11H,1-2H3/t11-,12+/m0/s1. The van der Waals surface area contributed by atoms with Gasteiger partial charge in [-0.2, -0.15) is 0 Å². The van der Waals surface area contributed by atoms with Crippen molar-refractivity contribution >= 4 is 0 Å². The number of benzene rings is 1. The van der Waals surface area contributed by atoms with Gasteiger partial charge in [0.1, 0.15) is 11.7 Å². The molecule has 0 saturated heterocycles. The number of rotatable bonds is 0. The molecule has 1 aromatic rings. The Morgan fingerprint density at radius 3 is 3.08 bits per heavy atom. The third-order valence-electron chi connectivity index (χ3n) is 3.01. The first-order chi connectivity index (χ1) is 6.19. The molecular formula is C12H12O. The maximum absolute atomic E-state index is 5.87. The monoisotopic (exact) mass is 172 g/mol. The molecule has 0 radical (unpaired) electrons. The average molecular weight is 172 g/mol. The summed E-state index contributed by atoms with van der Waals surface area (Å²) in [6, 6.07) is 6.57. The molecule has 2 heterocycles. The lowest BCUT2D eigenvalue weighted by Gasteiger charge is -2.18. The fourth-order valence-corrected chi connectivity index (χ4v) is 2.28. The zero-order valence-electron chi connectivity index (χ0n) is 7.87. The van der Waals surface area contributed by atoms with Crippen molar-refractivity contribution in [1.29, 1.82) is 0 Å². The molecule has 0 amide bonds. The maximum Gasteiger partial charge on any atom is 0.110 e. The van der Waals surface area contributed by atoms with E-state index < -0.39 is 0 Å². The SMILES string of the molecule is Cc1ccc2c(c1)[C@@]1(C)C=C[C@@H]2O1. The van der Waals surface area contributed by atoms with Gasteiger partial charge in [0.15, 0.2) is 0 Å². The van der Waals surface area contributed by atoms with Gasteiger partial charge in [-0.05, 0) is 31.1 Å². The maximum atomic E-state index is 5.87. The van der Waals surface area contributed by atoms with E-state index in [1.165, 1.54) is 16.7 Å². The van der Waals surface area contributed by atoms with Gasteiger partial charge in [-0.3, -0.25) is 0 Å². The Kier molecular flexibility index (Phi) is 1.15. The second kappa shape index (κ2) is 2.05. The highest BCUT2D eigenvalue weighted by Gasteiger charge is 2.42. The average Bonchev–Trinajstić information content (AvgIpc) is 2.59. The van der Waals surface area contributed by atoms with Gasteiger partial charge < -0.3 is 4.74 Å². The molecule has 13 heavy (non-hydrogen) atoms. The van der Waals surface area contributed by atoms with E-state index in [4.69, 9.17) is 4.74 Å². The molecule has 2 aliphatic rings. The highest BCUT2D eigenvalue weighted by molar-refractivity contribution is 5.48. The second-order valence-electron chi connectivity index (χ2n) is 4.10. The van der Waals surface area contributed by atoms with E-state index in [1.54, 1.807) is 0 Å². The number of hydrogen-bond donors (Lipinski definition) is 0. The van der Waals surface area contributed by atoms with Crippen LogP contribution < -0.4 is 0 Å². The first-order valence-electron chi connectivity index (χ1n) is 4.67. The van der Waals surface area contributed by atoms with Crippen LogP contribution in [0.1, 0.15) is 29.7 Å². The summed E-state index contributed by atoms with van der Waals surface area (Å²) in [4.78, 5) is 0. The van der Waals surface area contributed by atoms with E-state index in [-0.39, 0.29) is 11.7 Å². The summed E-state index contributed by atoms with van der Waals surface area (Å²) >= 11 is 0. The van der Waals surface area contributed by atoms with Crippen molar-refractivity contribution in [3.8, 4) is 0 Å². The van der Waals surface area contributed by atoms with E-state index in [0.717, 1.165) is 0 Å². The molecule has 0 unspecified atom stereocenters. The van der Waals surface area contributed by atoms with E-state index >= 15 is 0 Å². The number of aryl methyl sites for hydroxylation is 1. The first-order valence-corrected chi connectivity index (χ1v) is 4.67. The molecule has 1 aromatic carbocycles. The van der Waals surface area contributed by atoms with Crippen LogP contribution in [0.2, 0.25) is 0 Å². The second-order valence-corrected chi connectivity index (χ2v) is 4.10. The lowest BCUT2D eigenvalue weighted by atomic mass is 9.87. The zero-order chi connectivity index (χ0) is 9.05. The summed E-state index contributed by atoms with van der Waals surface area (Å²) in [6.45, 7) is 4.26. The quantitative estimate of drug-likeness (QED) is 0.547. The van der Waals surface area contributed by atoms with Gasteiger partial charge in [0.2, 0.25) is 0 Å². The van der Waals surface area contributed by atoms with Crippen LogP contribution in [0.5, 0.6) is 0 Å². The molecule has 0 aliphatic carbocycles. The van der Waals surface area contributed by atoms with Crippen LogP contribution in [0.3, 0.4) is 0 Å². The lowest BCUT2D eigenvalue weighted by molar-refractivity contribution is 0.0113. The van der Waals surface area contributed by atoms with Gasteiger partial charge in [-0.1, -0.05) is 29.8 Å². The Hall–Kier alpha value is -1.08. The molecule has 1 nitrogen and oxygen atoms in total. The molecule has 3 rings (SSSR count). The summed E-state index contributed by atoms with van der Waals surface area (Å²) < 4.78 is 5.87. The van der Waals surface area contributed by atoms with Gasteiger partial charge in [-0.25, -0.2) is 0 Å². The van der Waals surface area contributed by atoms with Crippen LogP contribution in [0, 0.1) is 6.92 Å². The summed E-state index contributed by atoms with van der Waals surface area (Å²) in [5.41, 5.74) is 3.85. The van der Waals surface area contributed by atoms with Gasteiger partial charge in [0, 0.05) is 0 Å². The highest BCUT2D eigenvalue weighted by Crippen LogP contribution is 2.49. The third-order valence-corrected chi connectivity index (χ3v) is 3.01. The van der Waals surface area contributed by atoms with Crippen molar-refractivity contribution in [3.05, 3.63) is 47.0 Å². The van der Waals surface area contributed by atoms with Gasteiger partial charge in [-0.15, -0.1) is 0 Å². The molecule has 0 saturated carbocycles. The molecule has 2 aliphatic heterocycles. The number of hydrogen-bond acceptors (Lipinski definition) is 1. The molecule has 0 aromatic heterocycles. The molecule has 2 bridgehead atoms. The Morgan fingerprint density at radius 2 is 2.23 bits per heavy atom. The van der Waals surface area contributed by atoms with Crippen molar-refractivity contribution in [3.63, 3.8) is 0 Å². The minimum atomic E-state index is -0.147. The third kappa shape index (κ3) is 0.802. The van der Waals surface area contributed by atoms with Crippen LogP contribution in [0.15, 0.2) is 30.4 Å².